The fraction of sp³-hybridized carbons (Fsp3) is 0.417. The van der Waals surface area contributed by atoms with Gasteiger partial charge in [0.2, 0.25) is 0 Å². The summed E-state index contributed by atoms with van der Waals surface area (Å²) in [5.41, 5.74) is 1.18. The van der Waals surface area contributed by atoms with Gasteiger partial charge in [-0.1, -0.05) is 18.2 Å². The lowest BCUT2D eigenvalue weighted by Crippen LogP contribution is -2.38. The number of benzene rings is 1. The maximum atomic E-state index is 9.03. The summed E-state index contributed by atoms with van der Waals surface area (Å²) in [6, 6.07) is 12.7. The Labute approximate surface area is 84.8 Å². The van der Waals surface area contributed by atoms with Crippen molar-refractivity contribution in [2.45, 2.75) is 25.3 Å². The third-order valence-electron chi connectivity index (χ3n) is 2.74. The fourth-order valence-corrected chi connectivity index (χ4v) is 1.99. The van der Waals surface area contributed by atoms with Gasteiger partial charge in [0.15, 0.2) is 0 Å². The van der Waals surface area contributed by atoms with Crippen molar-refractivity contribution in [1.82, 2.24) is 0 Å². The van der Waals surface area contributed by atoms with E-state index in [0.717, 1.165) is 13.0 Å². The molecule has 0 saturated carbocycles. The van der Waals surface area contributed by atoms with E-state index in [2.05, 4.69) is 23.1 Å². The molecule has 0 aromatic heterocycles. The molecule has 1 saturated heterocycles. The lowest BCUT2D eigenvalue weighted by atomic mass is 10.0. The van der Waals surface area contributed by atoms with Crippen LogP contribution in [0.2, 0.25) is 0 Å². The Morgan fingerprint density at radius 2 is 2.00 bits per heavy atom. The Hall–Kier alpha value is -1.49. The Morgan fingerprint density at radius 3 is 2.71 bits per heavy atom. The molecule has 2 nitrogen and oxygen atoms in total. The van der Waals surface area contributed by atoms with Gasteiger partial charge in [-0.15, -0.1) is 0 Å². The van der Waals surface area contributed by atoms with E-state index in [4.69, 9.17) is 5.26 Å². The van der Waals surface area contributed by atoms with Crippen LogP contribution in [0.4, 0.5) is 5.69 Å². The van der Waals surface area contributed by atoms with Crippen LogP contribution in [0.15, 0.2) is 30.3 Å². The lowest BCUT2D eigenvalue weighted by Gasteiger charge is -2.33. The summed E-state index contributed by atoms with van der Waals surface area (Å²) in [6.07, 6.45) is 3.39. The van der Waals surface area contributed by atoms with Gasteiger partial charge in [0.1, 0.15) is 6.04 Å². The number of rotatable bonds is 1. The summed E-state index contributed by atoms with van der Waals surface area (Å²) in [5.74, 6) is 0. The largest absolute Gasteiger partial charge is 0.356 e. The van der Waals surface area contributed by atoms with Crippen molar-refractivity contribution in [2.24, 2.45) is 0 Å². The van der Waals surface area contributed by atoms with Gasteiger partial charge in [-0.25, -0.2) is 0 Å². The van der Waals surface area contributed by atoms with Crippen LogP contribution in [0.3, 0.4) is 0 Å². The van der Waals surface area contributed by atoms with Crippen molar-refractivity contribution in [3.63, 3.8) is 0 Å². The number of hydrogen-bond donors (Lipinski definition) is 0. The van der Waals surface area contributed by atoms with Crippen molar-refractivity contribution in [2.75, 3.05) is 11.4 Å². The first-order chi connectivity index (χ1) is 6.92. The molecule has 1 fully saturated rings. The standard InChI is InChI=1S/C12H14N2/c13-10-12-8-4-5-9-14(12)11-6-2-1-3-7-11/h1-3,6-7,12H,4-5,8-9H2/t12-/m1/s1. The van der Waals surface area contributed by atoms with Crippen LogP contribution >= 0.6 is 0 Å². The maximum Gasteiger partial charge on any atom is 0.116 e. The Morgan fingerprint density at radius 1 is 1.21 bits per heavy atom. The number of hydrogen-bond acceptors (Lipinski definition) is 2. The minimum Gasteiger partial charge on any atom is -0.356 e. The topological polar surface area (TPSA) is 27.0 Å². The minimum atomic E-state index is 0.0751. The van der Waals surface area contributed by atoms with Gasteiger partial charge in [0.05, 0.1) is 6.07 Å². The molecule has 72 valence electrons. The quantitative estimate of drug-likeness (QED) is 0.674. The SMILES string of the molecule is N#C[C@H]1CCCCN1c1ccccc1. The molecular formula is C12H14N2. The molecule has 2 heteroatoms. The molecule has 1 aromatic rings. The van der Waals surface area contributed by atoms with Crippen LogP contribution in [0.1, 0.15) is 19.3 Å². The normalized spacial score (nSPS) is 21.6. The summed E-state index contributed by atoms with van der Waals surface area (Å²) in [5, 5.41) is 9.03. The molecule has 1 aliphatic rings. The lowest BCUT2D eigenvalue weighted by molar-refractivity contribution is 0.521. The first-order valence-electron chi connectivity index (χ1n) is 5.13. The number of para-hydroxylation sites is 1. The van der Waals surface area contributed by atoms with E-state index in [1.807, 2.05) is 18.2 Å². The van der Waals surface area contributed by atoms with Crippen LogP contribution in [-0.4, -0.2) is 12.6 Å². The van der Waals surface area contributed by atoms with Gasteiger partial charge >= 0.3 is 0 Å². The second kappa shape index (κ2) is 4.15. The third kappa shape index (κ3) is 1.72. The van der Waals surface area contributed by atoms with E-state index in [1.165, 1.54) is 18.5 Å². The molecule has 1 atom stereocenters. The number of nitrogens with zero attached hydrogens (tertiary/aromatic N) is 2. The second-order valence-electron chi connectivity index (χ2n) is 3.67. The van der Waals surface area contributed by atoms with Crippen LogP contribution in [-0.2, 0) is 0 Å². The predicted octanol–water partition coefficient (Wildman–Crippen LogP) is 2.57. The van der Waals surface area contributed by atoms with E-state index < -0.39 is 0 Å². The van der Waals surface area contributed by atoms with Gasteiger partial charge in [-0.2, -0.15) is 5.26 Å². The van der Waals surface area contributed by atoms with Crippen LogP contribution in [0.25, 0.3) is 0 Å². The summed E-state index contributed by atoms with van der Waals surface area (Å²) >= 11 is 0. The van der Waals surface area contributed by atoms with Gasteiger partial charge in [0, 0.05) is 12.2 Å². The molecule has 0 unspecified atom stereocenters. The van der Waals surface area contributed by atoms with Crippen molar-refractivity contribution >= 4 is 5.69 Å². The summed E-state index contributed by atoms with van der Waals surface area (Å²) in [7, 11) is 0. The molecule has 0 radical (unpaired) electrons. The third-order valence-corrected chi connectivity index (χ3v) is 2.74. The van der Waals surface area contributed by atoms with E-state index in [9.17, 15) is 0 Å². The average molecular weight is 186 g/mol. The predicted molar refractivity (Wildman–Crippen MR) is 57.0 cm³/mol. The number of nitriles is 1. The first kappa shape index (κ1) is 9.08. The molecule has 0 N–H and O–H groups in total. The summed E-state index contributed by atoms with van der Waals surface area (Å²) in [4.78, 5) is 2.21. The maximum absolute atomic E-state index is 9.03. The molecule has 2 rings (SSSR count). The highest BCUT2D eigenvalue weighted by Gasteiger charge is 2.21. The zero-order valence-corrected chi connectivity index (χ0v) is 8.19. The van der Waals surface area contributed by atoms with Crippen molar-refractivity contribution in [3.05, 3.63) is 30.3 Å². The summed E-state index contributed by atoms with van der Waals surface area (Å²) in [6.45, 7) is 1.02. The summed E-state index contributed by atoms with van der Waals surface area (Å²) < 4.78 is 0. The Kier molecular flexibility index (Phi) is 2.69. The molecule has 1 aromatic carbocycles. The molecule has 0 amide bonds. The first-order valence-corrected chi connectivity index (χ1v) is 5.13. The molecule has 1 heterocycles. The van der Waals surface area contributed by atoms with Crippen molar-refractivity contribution < 1.29 is 0 Å². The monoisotopic (exact) mass is 186 g/mol. The molecule has 0 spiro atoms. The highest BCUT2D eigenvalue weighted by atomic mass is 15.2. The van der Waals surface area contributed by atoms with Gasteiger partial charge in [-0.05, 0) is 31.4 Å². The smallest absolute Gasteiger partial charge is 0.116 e. The fourth-order valence-electron chi connectivity index (χ4n) is 1.99. The average Bonchev–Trinajstić information content (AvgIpc) is 2.30. The molecule has 1 aliphatic heterocycles. The molecule has 0 aliphatic carbocycles. The number of anilines is 1. The van der Waals surface area contributed by atoms with Crippen LogP contribution in [0, 0.1) is 11.3 Å². The highest BCUT2D eigenvalue weighted by molar-refractivity contribution is 5.48. The van der Waals surface area contributed by atoms with Crippen molar-refractivity contribution in [3.8, 4) is 6.07 Å². The van der Waals surface area contributed by atoms with E-state index in [-0.39, 0.29) is 6.04 Å². The van der Waals surface area contributed by atoms with Crippen LogP contribution < -0.4 is 4.90 Å². The van der Waals surface area contributed by atoms with Crippen molar-refractivity contribution in [1.29, 1.82) is 5.26 Å². The minimum absolute atomic E-state index is 0.0751. The van der Waals surface area contributed by atoms with Gasteiger partial charge in [-0.3, -0.25) is 0 Å². The van der Waals surface area contributed by atoms with Gasteiger partial charge in [0.25, 0.3) is 0 Å². The zero-order chi connectivity index (χ0) is 9.80. The zero-order valence-electron chi connectivity index (χ0n) is 8.19. The second-order valence-corrected chi connectivity index (χ2v) is 3.67. The van der Waals surface area contributed by atoms with E-state index >= 15 is 0 Å². The molecule has 0 bridgehead atoms. The van der Waals surface area contributed by atoms with Crippen LogP contribution in [0.5, 0.6) is 0 Å². The highest BCUT2D eigenvalue weighted by Crippen LogP contribution is 2.23. The van der Waals surface area contributed by atoms with E-state index in [1.54, 1.807) is 0 Å². The molecule has 14 heavy (non-hydrogen) atoms. The molecular weight excluding hydrogens is 172 g/mol. The number of piperidine rings is 1. The van der Waals surface area contributed by atoms with E-state index in [0.29, 0.717) is 0 Å². The Balaban J connectivity index is 2.20. The van der Waals surface area contributed by atoms with Gasteiger partial charge < -0.3 is 4.90 Å². The Bertz CT molecular complexity index is 326.